The third-order valence-electron chi connectivity index (χ3n) is 8.35. The molecule has 0 heterocycles. The van der Waals surface area contributed by atoms with Crippen LogP contribution in [0.1, 0.15) is 75.1 Å². The molecule has 1 heteroatoms. The van der Waals surface area contributed by atoms with Crippen LogP contribution in [0.4, 0.5) is 4.39 Å². The molecule has 0 radical (unpaired) electrons. The van der Waals surface area contributed by atoms with Gasteiger partial charge in [-0.25, -0.2) is 4.39 Å². The molecule has 2 aromatic rings. The van der Waals surface area contributed by atoms with E-state index in [2.05, 4.69) is 59.1 Å². The highest BCUT2D eigenvalue weighted by atomic mass is 19.1. The van der Waals surface area contributed by atoms with Crippen LogP contribution in [-0.4, -0.2) is 0 Å². The Morgan fingerprint density at radius 3 is 2.16 bits per heavy atom. The Hall–Kier alpha value is -2.15. The highest BCUT2D eigenvalue weighted by Crippen LogP contribution is 2.58. The van der Waals surface area contributed by atoms with Gasteiger partial charge in [0.25, 0.3) is 0 Å². The second-order valence-corrected chi connectivity index (χ2v) is 10.9. The van der Waals surface area contributed by atoms with E-state index in [0.29, 0.717) is 11.3 Å². The molecule has 2 aromatic carbocycles. The van der Waals surface area contributed by atoms with Crippen molar-refractivity contribution < 1.29 is 4.39 Å². The lowest BCUT2D eigenvalue weighted by Gasteiger charge is -2.53. The molecule has 0 atom stereocenters. The first-order valence-corrected chi connectivity index (χ1v) is 11.8. The number of halogens is 1. The van der Waals surface area contributed by atoms with Gasteiger partial charge in [-0.2, -0.15) is 0 Å². The van der Waals surface area contributed by atoms with Crippen LogP contribution in [0, 0.1) is 30.0 Å². The summed E-state index contributed by atoms with van der Waals surface area (Å²) < 4.78 is 13.3. The molecule has 2 aliphatic rings. The second-order valence-electron chi connectivity index (χ2n) is 10.9. The van der Waals surface area contributed by atoms with Gasteiger partial charge in [-0.3, -0.25) is 0 Å². The summed E-state index contributed by atoms with van der Waals surface area (Å²) in [7, 11) is 0. The molecule has 0 saturated heterocycles. The van der Waals surface area contributed by atoms with Gasteiger partial charge in [-0.05, 0) is 84.7 Å². The highest BCUT2D eigenvalue weighted by Gasteiger charge is 2.47. The molecule has 0 amide bonds. The molecule has 0 bridgehead atoms. The standard InChI is InChI=1S/C30H37F/c1-7-29(5)18-25(19-29)28-20(2)16-30(6,17-21(28)3)27-10-8-9-24(22(27)4)15-23-11-13-26(31)14-12-23/h8-14,25,28H,2-3,7,15-19H2,1,4-6H3. The number of hydrogen-bond acceptors (Lipinski definition) is 0. The van der Waals surface area contributed by atoms with Crippen LogP contribution in [0.3, 0.4) is 0 Å². The molecular weight excluding hydrogens is 379 g/mol. The Kier molecular flexibility index (Phi) is 5.75. The summed E-state index contributed by atoms with van der Waals surface area (Å²) in [6, 6.07) is 13.6. The molecular formula is C30H37F. The lowest BCUT2D eigenvalue weighted by Crippen LogP contribution is -2.43. The first kappa shape index (κ1) is 22.1. The van der Waals surface area contributed by atoms with Crippen molar-refractivity contribution >= 4 is 0 Å². The Morgan fingerprint density at radius 1 is 0.968 bits per heavy atom. The molecule has 0 nitrogen and oxygen atoms in total. The van der Waals surface area contributed by atoms with Crippen molar-refractivity contribution in [1.82, 2.24) is 0 Å². The van der Waals surface area contributed by atoms with Crippen LogP contribution in [0.25, 0.3) is 0 Å². The van der Waals surface area contributed by atoms with Crippen molar-refractivity contribution in [3.8, 4) is 0 Å². The van der Waals surface area contributed by atoms with E-state index in [4.69, 9.17) is 0 Å². The Labute approximate surface area is 188 Å². The Morgan fingerprint density at radius 2 is 1.58 bits per heavy atom. The summed E-state index contributed by atoms with van der Waals surface area (Å²) in [6.07, 6.45) is 6.81. The van der Waals surface area contributed by atoms with Crippen molar-refractivity contribution in [2.45, 2.75) is 71.6 Å². The fourth-order valence-corrected chi connectivity index (χ4v) is 6.51. The van der Waals surface area contributed by atoms with E-state index in [0.717, 1.165) is 30.7 Å². The number of benzene rings is 2. The first-order chi connectivity index (χ1) is 14.6. The zero-order valence-corrected chi connectivity index (χ0v) is 19.7. The van der Waals surface area contributed by atoms with E-state index in [-0.39, 0.29) is 11.2 Å². The van der Waals surface area contributed by atoms with Gasteiger partial charge < -0.3 is 0 Å². The van der Waals surface area contributed by atoms with E-state index < -0.39 is 0 Å². The van der Waals surface area contributed by atoms with Crippen LogP contribution >= 0.6 is 0 Å². The minimum Gasteiger partial charge on any atom is -0.207 e. The van der Waals surface area contributed by atoms with Crippen molar-refractivity contribution in [1.29, 1.82) is 0 Å². The van der Waals surface area contributed by atoms with Crippen LogP contribution in [0.5, 0.6) is 0 Å². The van der Waals surface area contributed by atoms with Gasteiger partial charge in [0.2, 0.25) is 0 Å². The van der Waals surface area contributed by atoms with Crippen LogP contribution < -0.4 is 0 Å². The van der Waals surface area contributed by atoms with Crippen LogP contribution in [0.2, 0.25) is 0 Å². The molecule has 2 fully saturated rings. The van der Waals surface area contributed by atoms with E-state index in [1.807, 2.05) is 12.1 Å². The predicted molar refractivity (Wildman–Crippen MR) is 130 cm³/mol. The maximum Gasteiger partial charge on any atom is 0.123 e. The molecule has 0 N–H and O–H groups in total. The molecule has 0 spiro atoms. The molecule has 0 aliphatic heterocycles. The van der Waals surface area contributed by atoms with Crippen molar-refractivity contribution in [2.75, 3.05) is 0 Å². The average molecular weight is 417 g/mol. The van der Waals surface area contributed by atoms with Crippen molar-refractivity contribution in [3.63, 3.8) is 0 Å². The fourth-order valence-electron chi connectivity index (χ4n) is 6.51. The van der Waals surface area contributed by atoms with Gasteiger partial charge >= 0.3 is 0 Å². The SMILES string of the molecule is C=C1CC(C)(c2cccc(Cc3ccc(F)cc3)c2C)CC(=C)C1C1CC(C)(CC)C1. The number of allylic oxidation sites excluding steroid dienone is 2. The summed E-state index contributed by atoms with van der Waals surface area (Å²) >= 11 is 0. The third kappa shape index (κ3) is 4.16. The first-order valence-electron chi connectivity index (χ1n) is 11.8. The molecule has 0 unspecified atom stereocenters. The maximum atomic E-state index is 13.3. The largest absolute Gasteiger partial charge is 0.207 e. The molecule has 0 aromatic heterocycles. The lowest BCUT2D eigenvalue weighted by molar-refractivity contribution is 0.0429. The van der Waals surface area contributed by atoms with Gasteiger partial charge in [-0.1, -0.05) is 81.8 Å². The topological polar surface area (TPSA) is 0 Å². The smallest absolute Gasteiger partial charge is 0.123 e. The number of hydrogen-bond donors (Lipinski definition) is 0. The van der Waals surface area contributed by atoms with Gasteiger partial charge in [0.15, 0.2) is 0 Å². The molecule has 2 saturated carbocycles. The monoisotopic (exact) mass is 416 g/mol. The normalized spacial score (nSPS) is 30.9. The predicted octanol–water partition coefficient (Wildman–Crippen LogP) is 8.33. The van der Waals surface area contributed by atoms with E-state index in [9.17, 15) is 4.39 Å². The number of rotatable bonds is 5. The second kappa shape index (κ2) is 8.08. The van der Waals surface area contributed by atoms with Crippen LogP contribution in [-0.2, 0) is 11.8 Å². The zero-order chi connectivity index (χ0) is 22.4. The highest BCUT2D eigenvalue weighted by molar-refractivity contribution is 5.45. The molecule has 2 aliphatic carbocycles. The summed E-state index contributed by atoms with van der Waals surface area (Å²) in [5.74, 6) is 1.05. The van der Waals surface area contributed by atoms with Gasteiger partial charge in [0, 0.05) is 11.3 Å². The summed E-state index contributed by atoms with van der Waals surface area (Å²) in [5.41, 5.74) is 8.57. The maximum absolute atomic E-state index is 13.3. The molecule has 31 heavy (non-hydrogen) atoms. The lowest BCUT2D eigenvalue weighted by atomic mass is 9.52. The van der Waals surface area contributed by atoms with Crippen molar-refractivity contribution in [2.24, 2.45) is 17.3 Å². The molecule has 164 valence electrons. The van der Waals surface area contributed by atoms with Gasteiger partial charge in [0.05, 0.1) is 0 Å². The third-order valence-corrected chi connectivity index (χ3v) is 8.35. The van der Waals surface area contributed by atoms with E-state index in [1.165, 1.54) is 47.1 Å². The minimum absolute atomic E-state index is 0.0470. The zero-order valence-electron chi connectivity index (χ0n) is 19.7. The van der Waals surface area contributed by atoms with Crippen LogP contribution in [0.15, 0.2) is 66.8 Å². The minimum atomic E-state index is -0.179. The van der Waals surface area contributed by atoms with Crippen molar-refractivity contribution in [3.05, 3.63) is 94.8 Å². The Bertz CT molecular complexity index is 970. The summed E-state index contributed by atoms with van der Waals surface area (Å²) in [4.78, 5) is 0. The van der Waals surface area contributed by atoms with E-state index >= 15 is 0 Å². The average Bonchev–Trinajstić information content (AvgIpc) is 2.69. The summed E-state index contributed by atoms with van der Waals surface area (Å²) in [5, 5.41) is 0. The van der Waals surface area contributed by atoms with Gasteiger partial charge in [0.1, 0.15) is 5.82 Å². The summed E-state index contributed by atoms with van der Waals surface area (Å²) in [6.45, 7) is 18.5. The quantitative estimate of drug-likeness (QED) is 0.430. The fraction of sp³-hybridized carbons (Fsp3) is 0.467. The molecule has 4 rings (SSSR count). The Balaban J connectivity index is 1.55. The van der Waals surface area contributed by atoms with E-state index in [1.54, 1.807) is 12.1 Å². The van der Waals surface area contributed by atoms with Gasteiger partial charge in [-0.15, -0.1) is 0 Å².